The van der Waals surface area contributed by atoms with Crippen molar-refractivity contribution in [3.63, 3.8) is 0 Å². The minimum Gasteiger partial charge on any atom is -0.395 e. The molecule has 98 valence electrons. The highest BCUT2D eigenvalue weighted by atomic mass is 16.3. The van der Waals surface area contributed by atoms with Crippen LogP contribution in [0.2, 0.25) is 0 Å². The first-order valence-corrected chi connectivity index (χ1v) is 7.43. The molecule has 3 rings (SSSR count). The SMILES string of the molecule is OCCNC1CC(CC2CC2)CN(C2CC2)C1. The van der Waals surface area contributed by atoms with E-state index in [9.17, 15) is 0 Å². The summed E-state index contributed by atoms with van der Waals surface area (Å²) in [5.41, 5.74) is 0. The molecule has 2 N–H and O–H groups in total. The molecule has 0 aromatic heterocycles. The van der Waals surface area contributed by atoms with E-state index < -0.39 is 0 Å². The number of nitrogens with one attached hydrogen (secondary N) is 1. The topological polar surface area (TPSA) is 35.5 Å². The number of aliphatic hydroxyl groups excluding tert-OH is 1. The molecule has 0 radical (unpaired) electrons. The van der Waals surface area contributed by atoms with E-state index in [4.69, 9.17) is 5.11 Å². The first-order chi connectivity index (χ1) is 8.35. The summed E-state index contributed by atoms with van der Waals surface area (Å²) >= 11 is 0. The third-order valence-corrected chi connectivity index (χ3v) is 4.54. The highest BCUT2D eigenvalue weighted by Gasteiger charge is 2.37. The van der Waals surface area contributed by atoms with Crippen molar-refractivity contribution in [2.24, 2.45) is 11.8 Å². The van der Waals surface area contributed by atoms with Gasteiger partial charge in [-0.2, -0.15) is 0 Å². The molecule has 0 spiro atoms. The highest BCUT2D eigenvalue weighted by Crippen LogP contribution is 2.39. The molecular formula is C14H26N2O. The molecule has 0 bridgehead atoms. The number of hydrogen-bond acceptors (Lipinski definition) is 3. The predicted molar refractivity (Wildman–Crippen MR) is 68.9 cm³/mol. The summed E-state index contributed by atoms with van der Waals surface area (Å²) in [7, 11) is 0. The van der Waals surface area contributed by atoms with Crippen LogP contribution in [0.3, 0.4) is 0 Å². The lowest BCUT2D eigenvalue weighted by Crippen LogP contribution is -2.50. The molecule has 3 aliphatic rings. The summed E-state index contributed by atoms with van der Waals surface area (Å²) < 4.78 is 0. The van der Waals surface area contributed by atoms with Gasteiger partial charge in [-0.15, -0.1) is 0 Å². The molecule has 1 saturated heterocycles. The van der Waals surface area contributed by atoms with E-state index >= 15 is 0 Å². The Hall–Kier alpha value is -0.120. The van der Waals surface area contributed by atoms with Gasteiger partial charge >= 0.3 is 0 Å². The summed E-state index contributed by atoms with van der Waals surface area (Å²) in [5.74, 6) is 1.96. The largest absolute Gasteiger partial charge is 0.395 e. The summed E-state index contributed by atoms with van der Waals surface area (Å²) in [6.07, 6.45) is 8.59. The van der Waals surface area contributed by atoms with Crippen LogP contribution < -0.4 is 5.32 Å². The first-order valence-electron chi connectivity index (χ1n) is 7.43. The standard InChI is InChI=1S/C14H26N2O/c17-6-5-15-13-8-12(7-11-1-2-11)9-16(10-13)14-3-4-14/h11-15,17H,1-10H2. The normalized spacial score (nSPS) is 35.1. The second-order valence-electron chi connectivity index (χ2n) is 6.34. The van der Waals surface area contributed by atoms with Crippen LogP contribution in [0.5, 0.6) is 0 Å². The Balaban J connectivity index is 1.52. The maximum atomic E-state index is 8.93. The van der Waals surface area contributed by atoms with Gasteiger partial charge < -0.3 is 10.4 Å². The van der Waals surface area contributed by atoms with Gasteiger partial charge in [0.25, 0.3) is 0 Å². The number of nitrogens with zero attached hydrogens (tertiary/aromatic N) is 1. The molecule has 0 aromatic rings. The van der Waals surface area contributed by atoms with Crippen molar-refractivity contribution in [1.82, 2.24) is 10.2 Å². The quantitative estimate of drug-likeness (QED) is 0.730. The number of likely N-dealkylation sites (tertiary alicyclic amines) is 1. The Bertz CT molecular complexity index is 251. The molecule has 3 fully saturated rings. The van der Waals surface area contributed by atoms with Crippen LogP contribution in [-0.2, 0) is 0 Å². The zero-order valence-electron chi connectivity index (χ0n) is 10.8. The lowest BCUT2D eigenvalue weighted by atomic mass is 9.89. The van der Waals surface area contributed by atoms with Gasteiger partial charge in [0.15, 0.2) is 0 Å². The van der Waals surface area contributed by atoms with E-state index in [1.807, 2.05) is 0 Å². The van der Waals surface area contributed by atoms with Crippen LogP contribution in [0.1, 0.15) is 38.5 Å². The molecule has 3 nitrogen and oxygen atoms in total. The van der Waals surface area contributed by atoms with E-state index in [1.54, 1.807) is 0 Å². The Morgan fingerprint density at radius 2 is 1.88 bits per heavy atom. The maximum Gasteiger partial charge on any atom is 0.0556 e. The van der Waals surface area contributed by atoms with Crippen molar-refractivity contribution in [2.75, 3.05) is 26.2 Å². The zero-order chi connectivity index (χ0) is 11.7. The summed E-state index contributed by atoms with van der Waals surface area (Å²) in [6.45, 7) is 3.59. The highest BCUT2D eigenvalue weighted by molar-refractivity contribution is 4.93. The first kappa shape index (κ1) is 11.9. The number of rotatable bonds is 6. The number of piperidine rings is 1. The fourth-order valence-electron chi connectivity index (χ4n) is 3.39. The van der Waals surface area contributed by atoms with Gasteiger partial charge in [0, 0.05) is 31.7 Å². The maximum absolute atomic E-state index is 8.93. The molecule has 2 aliphatic carbocycles. The average Bonchev–Trinajstić information content (AvgIpc) is 3.17. The minimum atomic E-state index is 0.271. The van der Waals surface area contributed by atoms with Crippen molar-refractivity contribution in [1.29, 1.82) is 0 Å². The molecule has 1 heterocycles. The second-order valence-corrected chi connectivity index (χ2v) is 6.34. The average molecular weight is 238 g/mol. The van der Waals surface area contributed by atoms with Gasteiger partial charge in [-0.25, -0.2) is 0 Å². The van der Waals surface area contributed by atoms with E-state index in [2.05, 4.69) is 10.2 Å². The molecule has 2 unspecified atom stereocenters. The van der Waals surface area contributed by atoms with E-state index in [0.717, 1.165) is 24.4 Å². The Labute approximate surface area is 105 Å². The Morgan fingerprint density at radius 1 is 1.06 bits per heavy atom. The summed E-state index contributed by atoms with van der Waals surface area (Å²) in [5, 5.41) is 12.4. The van der Waals surface area contributed by atoms with Gasteiger partial charge in [0.2, 0.25) is 0 Å². The van der Waals surface area contributed by atoms with Crippen molar-refractivity contribution >= 4 is 0 Å². The summed E-state index contributed by atoms with van der Waals surface area (Å²) in [4.78, 5) is 2.71. The van der Waals surface area contributed by atoms with Gasteiger partial charge in [0.1, 0.15) is 0 Å². The van der Waals surface area contributed by atoms with Gasteiger partial charge in [-0.3, -0.25) is 4.90 Å². The van der Waals surface area contributed by atoms with E-state index in [-0.39, 0.29) is 6.61 Å². The van der Waals surface area contributed by atoms with E-state index in [0.29, 0.717) is 6.04 Å². The molecule has 0 amide bonds. The van der Waals surface area contributed by atoms with Crippen molar-refractivity contribution in [3.8, 4) is 0 Å². The van der Waals surface area contributed by atoms with Crippen molar-refractivity contribution < 1.29 is 5.11 Å². The van der Waals surface area contributed by atoms with Gasteiger partial charge in [0.05, 0.1) is 6.61 Å². The zero-order valence-corrected chi connectivity index (χ0v) is 10.8. The lowest BCUT2D eigenvalue weighted by molar-refractivity contribution is 0.122. The smallest absolute Gasteiger partial charge is 0.0556 e. The third-order valence-electron chi connectivity index (χ3n) is 4.54. The van der Waals surface area contributed by atoms with Crippen molar-refractivity contribution in [3.05, 3.63) is 0 Å². The van der Waals surface area contributed by atoms with Crippen LogP contribution in [0.4, 0.5) is 0 Å². The molecule has 17 heavy (non-hydrogen) atoms. The number of aliphatic hydroxyl groups is 1. The molecule has 2 atom stereocenters. The lowest BCUT2D eigenvalue weighted by Gasteiger charge is -2.38. The molecule has 3 heteroatoms. The van der Waals surface area contributed by atoms with Crippen LogP contribution in [0, 0.1) is 11.8 Å². The third kappa shape index (κ3) is 3.43. The van der Waals surface area contributed by atoms with Crippen LogP contribution >= 0.6 is 0 Å². The second kappa shape index (κ2) is 5.25. The monoisotopic (exact) mass is 238 g/mol. The molecule has 0 aromatic carbocycles. The molecular weight excluding hydrogens is 212 g/mol. The number of hydrogen-bond donors (Lipinski definition) is 2. The Kier molecular flexibility index (Phi) is 3.69. The van der Waals surface area contributed by atoms with Crippen LogP contribution in [0.15, 0.2) is 0 Å². The minimum absolute atomic E-state index is 0.271. The summed E-state index contributed by atoms with van der Waals surface area (Å²) in [6, 6.07) is 1.52. The molecule has 1 aliphatic heterocycles. The van der Waals surface area contributed by atoms with Gasteiger partial charge in [-0.05, 0) is 37.5 Å². The van der Waals surface area contributed by atoms with Gasteiger partial charge in [-0.1, -0.05) is 12.8 Å². The van der Waals surface area contributed by atoms with E-state index in [1.165, 1.54) is 51.6 Å². The fraction of sp³-hybridized carbons (Fsp3) is 1.00. The van der Waals surface area contributed by atoms with Crippen LogP contribution in [0.25, 0.3) is 0 Å². The van der Waals surface area contributed by atoms with Crippen LogP contribution in [-0.4, -0.2) is 48.3 Å². The van der Waals surface area contributed by atoms with Crippen molar-refractivity contribution in [2.45, 2.75) is 50.6 Å². The Morgan fingerprint density at radius 3 is 2.53 bits per heavy atom. The predicted octanol–water partition coefficient (Wildman–Crippen LogP) is 1.22. The fourth-order valence-corrected chi connectivity index (χ4v) is 3.39. The molecule has 2 saturated carbocycles.